The molecule has 11 heteroatoms. The maximum absolute atomic E-state index is 13.9. The van der Waals surface area contributed by atoms with Crippen LogP contribution in [0.25, 0.3) is 27.7 Å². The van der Waals surface area contributed by atoms with Gasteiger partial charge in [0.15, 0.2) is 5.69 Å². The number of halogens is 3. The van der Waals surface area contributed by atoms with Crippen molar-refractivity contribution in [1.29, 1.82) is 0 Å². The van der Waals surface area contributed by atoms with Gasteiger partial charge < -0.3 is 9.88 Å². The fourth-order valence-electron chi connectivity index (χ4n) is 4.81. The molecule has 1 N–H and O–H groups in total. The Morgan fingerprint density at radius 1 is 1.21 bits per heavy atom. The van der Waals surface area contributed by atoms with Crippen molar-refractivity contribution >= 4 is 28.7 Å². The van der Waals surface area contributed by atoms with E-state index >= 15 is 0 Å². The molecule has 0 aromatic carbocycles. The van der Waals surface area contributed by atoms with Crippen LogP contribution in [0.2, 0.25) is 0 Å². The lowest BCUT2D eigenvalue weighted by Gasteiger charge is -2.34. The lowest BCUT2D eigenvalue weighted by Crippen LogP contribution is -2.45. The Hall–Kier alpha value is -3.63. The van der Waals surface area contributed by atoms with E-state index in [4.69, 9.17) is 0 Å². The van der Waals surface area contributed by atoms with Crippen LogP contribution in [0.4, 0.5) is 13.2 Å². The summed E-state index contributed by atoms with van der Waals surface area (Å²) in [5.41, 5.74) is 1.49. The van der Waals surface area contributed by atoms with E-state index in [0.717, 1.165) is 24.0 Å². The molecule has 1 aliphatic carbocycles. The average Bonchev–Trinajstić information content (AvgIpc) is 3.37. The Morgan fingerprint density at radius 3 is 2.79 bits per heavy atom. The summed E-state index contributed by atoms with van der Waals surface area (Å²) < 4.78 is 42.9. The number of H-pyrrole nitrogens is 1. The molecule has 3 aliphatic rings. The zero-order valence-corrected chi connectivity index (χ0v) is 18.4. The minimum atomic E-state index is -4.61. The Bertz CT molecular complexity index is 1350. The van der Waals surface area contributed by atoms with Crippen LogP contribution in [0, 0.1) is 0 Å². The molecule has 3 aromatic rings. The van der Waals surface area contributed by atoms with Gasteiger partial charge >= 0.3 is 6.18 Å². The molecule has 5 heterocycles. The van der Waals surface area contributed by atoms with E-state index in [1.165, 1.54) is 10.9 Å². The number of rotatable bonds is 1. The molecule has 4 bridgehead atoms. The summed E-state index contributed by atoms with van der Waals surface area (Å²) in [4.78, 5) is 22.7. The first kappa shape index (κ1) is 20.9. The molecule has 0 spiro atoms. The fourth-order valence-corrected chi connectivity index (χ4v) is 4.81. The third-order valence-corrected chi connectivity index (χ3v) is 6.53. The van der Waals surface area contributed by atoms with Gasteiger partial charge in [-0.3, -0.25) is 14.5 Å². The topological polar surface area (TPSA) is 82.4 Å². The van der Waals surface area contributed by atoms with E-state index in [0.29, 0.717) is 23.0 Å². The number of hydrogen-bond donors (Lipinski definition) is 1. The van der Waals surface area contributed by atoms with Crippen molar-refractivity contribution in [2.45, 2.75) is 50.5 Å². The highest BCUT2D eigenvalue weighted by Crippen LogP contribution is 2.40. The highest BCUT2D eigenvalue weighted by atomic mass is 19.4. The zero-order chi connectivity index (χ0) is 23.6. The molecule has 3 aromatic heterocycles. The van der Waals surface area contributed by atoms with Crippen molar-refractivity contribution in [3.8, 4) is 11.1 Å². The van der Waals surface area contributed by atoms with Crippen LogP contribution in [-0.4, -0.2) is 60.9 Å². The molecule has 2 aliphatic heterocycles. The number of hydrogen-bond acceptors (Lipinski definition) is 5. The lowest BCUT2D eigenvalue weighted by atomic mass is 9.96. The highest BCUT2D eigenvalue weighted by Gasteiger charge is 2.40. The second kappa shape index (κ2) is 7.44. The largest absolute Gasteiger partial charge is 0.435 e. The number of pyridine rings is 1. The number of nitrogens with one attached hydrogen (secondary N) is 1. The first-order chi connectivity index (χ1) is 16.3. The number of carbonyl (C=O) groups is 1. The molecule has 1 atom stereocenters. The molecular formula is C23H22F3N7O. The normalized spacial score (nSPS) is 21.1. The Balaban J connectivity index is 1.57. The molecule has 1 unspecified atom stereocenters. The molecule has 176 valence electrons. The Morgan fingerprint density at radius 2 is 2.03 bits per heavy atom. The van der Waals surface area contributed by atoms with Gasteiger partial charge in [0.05, 0.1) is 12.3 Å². The molecule has 6 rings (SSSR count). The molecule has 1 saturated carbocycles. The molecule has 0 saturated heterocycles. The minimum Gasteiger partial charge on any atom is -0.346 e. The summed E-state index contributed by atoms with van der Waals surface area (Å²) in [5, 5.41) is 10.5. The molecule has 0 radical (unpaired) electrons. The van der Waals surface area contributed by atoms with Gasteiger partial charge in [-0.1, -0.05) is 0 Å². The highest BCUT2D eigenvalue weighted by molar-refractivity contribution is 5.98. The van der Waals surface area contributed by atoms with Gasteiger partial charge in [-0.25, -0.2) is 4.98 Å². The smallest absolute Gasteiger partial charge is 0.346 e. The third kappa shape index (κ3) is 3.46. The number of aryl methyl sites for hydroxylation is 1. The van der Waals surface area contributed by atoms with Crippen molar-refractivity contribution in [1.82, 2.24) is 29.7 Å². The first-order valence-corrected chi connectivity index (χ1v) is 11.2. The van der Waals surface area contributed by atoms with E-state index in [2.05, 4.69) is 20.2 Å². The van der Waals surface area contributed by atoms with Crippen LogP contribution in [0.15, 0.2) is 36.0 Å². The van der Waals surface area contributed by atoms with Gasteiger partial charge in [0, 0.05) is 78.5 Å². The van der Waals surface area contributed by atoms with Gasteiger partial charge in [-0.2, -0.15) is 23.4 Å². The van der Waals surface area contributed by atoms with Gasteiger partial charge in [-0.05, 0) is 25.3 Å². The third-order valence-electron chi connectivity index (χ3n) is 6.53. The number of fused-ring (bicyclic) bond motifs is 6. The second-order valence-corrected chi connectivity index (χ2v) is 8.98. The number of amides is 1. The number of hydrazone groups is 1. The Labute approximate surface area is 192 Å². The zero-order valence-electron chi connectivity index (χ0n) is 18.4. The quantitative estimate of drug-likeness (QED) is 0.587. The minimum absolute atomic E-state index is 0.00597. The number of carbonyl (C=O) groups excluding carboxylic acids is 1. The first-order valence-electron chi connectivity index (χ1n) is 11.2. The Kier molecular flexibility index (Phi) is 4.58. The fraction of sp³-hybridized carbons (Fsp3) is 0.391. The summed E-state index contributed by atoms with van der Waals surface area (Å²) in [6.45, 7) is 0.212. The average molecular weight is 469 g/mol. The maximum Gasteiger partial charge on any atom is 0.435 e. The summed E-state index contributed by atoms with van der Waals surface area (Å²) >= 11 is 0. The van der Waals surface area contributed by atoms with Crippen LogP contribution in [0.1, 0.15) is 36.9 Å². The number of nitrogens with zero attached hydrogens (tertiary/aromatic N) is 6. The molecular weight excluding hydrogens is 447 g/mol. The standard InChI is InChI=1S/C23H22F3N7O/c1-31-11-17-13-7-15-16(9-28-22(15)27-8-13)18-12-32(30-21(18)23(24,25)26)6-2-3-20(34)33(14-4-5-14)19(17)10-29-31/h7-12,14,19H,2-6H2,1H3,(H,27,28). The number of alkyl halides is 3. The predicted molar refractivity (Wildman–Crippen MR) is 119 cm³/mol. The van der Waals surface area contributed by atoms with Crippen LogP contribution < -0.4 is 0 Å². The maximum atomic E-state index is 13.9. The van der Waals surface area contributed by atoms with Crippen molar-refractivity contribution in [3.05, 3.63) is 42.1 Å². The van der Waals surface area contributed by atoms with Crippen LogP contribution in [0.5, 0.6) is 0 Å². The monoisotopic (exact) mass is 469 g/mol. The molecule has 1 fully saturated rings. The SMILES string of the molecule is CN1C=C2c3cnc4[nH]cc(c4c3)-c3cn(nc3C(F)(F)F)CCCC(=O)N(C3CC3)C2C=N1. The van der Waals surface area contributed by atoms with E-state index in [1.54, 1.807) is 30.7 Å². The van der Waals surface area contributed by atoms with E-state index in [-0.39, 0.29) is 36.5 Å². The van der Waals surface area contributed by atoms with Crippen LogP contribution >= 0.6 is 0 Å². The number of aromatic amines is 1. The predicted octanol–water partition coefficient (Wildman–Crippen LogP) is 3.87. The summed E-state index contributed by atoms with van der Waals surface area (Å²) in [7, 11) is 1.80. The van der Waals surface area contributed by atoms with Crippen molar-refractivity contribution in [2.75, 3.05) is 7.05 Å². The van der Waals surface area contributed by atoms with Gasteiger partial charge in [0.1, 0.15) is 5.65 Å². The van der Waals surface area contributed by atoms with Crippen LogP contribution in [0.3, 0.4) is 0 Å². The van der Waals surface area contributed by atoms with Crippen molar-refractivity contribution in [2.24, 2.45) is 5.10 Å². The molecule has 8 nitrogen and oxygen atoms in total. The molecule has 34 heavy (non-hydrogen) atoms. The van der Waals surface area contributed by atoms with Gasteiger partial charge in [0.25, 0.3) is 0 Å². The van der Waals surface area contributed by atoms with E-state index < -0.39 is 11.9 Å². The van der Waals surface area contributed by atoms with Crippen molar-refractivity contribution < 1.29 is 18.0 Å². The molecule has 1 amide bonds. The van der Waals surface area contributed by atoms with E-state index in [1.807, 2.05) is 17.2 Å². The van der Waals surface area contributed by atoms with Crippen LogP contribution in [-0.2, 0) is 17.5 Å². The van der Waals surface area contributed by atoms with Crippen molar-refractivity contribution in [3.63, 3.8) is 0 Å². The summed E-state index contributed by atoms with van der Waals surface area (Å²) in [6.07, 6.45) is 6.10. The number of aromatic nitrogens is 4. The van der Waals surface area contributed by atoms with Gasteiger partial charge in [-0.15, -0.1) is 0 Å². The van der Waals surface area contributed by atoms with Gasteiger partial charge in [0.2, 0.25) is 5.91 Å². The van der Waals surface area contributed by atoms with E-state index in [9.17, 15) is 18.0 Å². The lowest BCUT2D eigenvalue weighted by molar-refractivity contribution is -0.141. The second-order valence-electron chi connectivity index (χ2n) is 8.98. The summed E-state index contributed by atoms with van der Waals surface area (Å²) in [6, 6.07) is 1.61. The summed E-state index contributed by atoms with van der Waals surface area (Å²) in [5.74, 6) is -0.0359.